The van der Waals surface area contributed by atoms with E-state index in [2.05, 4.69) is 5.32 Å². The van der Waals surface area contributed by atoms with Gasteiger partial charge in [0.2, 0.25) is 0 Å². The zero-order valence-corrected chi connectivity index (χ0v) is 12.3. The van der Waals surface area contributed by atoms with Gasteiger partial charge in [-0.25, -0.2) is 0 Å². The first-order valence-corrected chi connectivity index (χ1v) is 7.27. The van der Waals surface area contributed by atoms with Gasteiger partial charge in [0.05, 0.1) is 12.1 Å². The number of hydrogen-bond acceptors (Lipinski definition) is 3. The normalized spacial score (nSPS) is 22.4. The number of rotatable bonds is 4. The number of amides is 1. The molecule has 1 fully saturated rings. The summed E-state index contributed by atoms with van der Waals surface area (Å²) in [6.45, 7) is 0.245. The second-order valence-corrected chi connectivity index (χ2v) is 5.63. The van der Waals surface area contributed by atoms with E-state index < -0.39 is 0 Å². The molecule has 1 aliphatic rings. The van der Waals surface area contributed by atoms with Crippen LogP contribution in [0.15, 0.2) is 18.2 Å². The SMILES string of the molecule is COc1cc(C(=O)NC2CCC(CO)CC2)ccc1Cl. The van der Waals surface area contributed by atoms with Crippen molar-refractivity contribution in [2.24, 2.45) is 5.92 Å². The predicted molar refractivity (Wildman–Crippen MR) is 78.3 cm³/mol. The maximum atomic E-state index is 12.2. The minimum absolute atomic E-state index is 0.104. The zero-order chi connectivity index (χ0) is 14.5. The Bertz CT molecular complexity index is 470. The van der Waals surface area contributed by atoms with Gasteiger partial charge in [-0.15, -0.1) is 0 Å². The van der Waals surface area contributed by atoms with E-state index in [-0.39, 0.29) is 18.6 Å². The monoisotopic (exact) mass is 297 g/mol. The van der Waals surface area contributed by atoms with Crippen molar-refractivity contribution >= 4 is 17.5 Å². The third-order valence-electron chi connectivity index (χ3n) is 3.85. The highest BCUT2D eigenvalue weighted by Crippen LogP contribution is 2.26. The van der Waals surface area contributed by atoms with Gasteiger partial charge in [0.25, 0.3) is 5.91 Å². The van der Waals surface area contributed by atoms with Gasteiger partial charge in [0.1, 0.15) is 5.75 Å². The molecule has 0 radical (unpaired) electrons. The van der Waals surface area contributed by atoms with Crippen LogP contribution in [0.1, 0.15) is 36.0 Å². The molecule has 110 valence electrons. The molecule has 0 heterocycles. The second-order valence-electron chi connectivity index (χ2n) is 5.22. The van der Waals surface area contributed by atoms with E-state index in [0.717, 1.165) is 25.7 Å². The number of nitrogens with one attached hydrogen (secondary N) is 1. The summed E-state index contributed by atoms with van der Waals surface area (Å²) in [5.74, 6) is 0.787. The van der Waals surface area contributed by atoms with Crippen LogP contribution in [-0.2, 0) is 0 Å². The van der Waals surface area contributed by atoms with E-state index in [1.165, 1.54) is 7.11 Å². The maximum absolute atomic E-state index is 12.2. The summed E-state index contributed by atoms with van der Waals surface area (Å²) in [5.41, 5.74) is 0.551. The molecule has 1 aliphatic carbocycles. The van der Waals surface area contributed by atoms with Crippen LogP contribution in [0.5, 0.6) is 5.75 Å². The average Bonchev–Trinajstić information content (AvgIpc) is 2.48. The molecule has 0 aromatic heterocycles. The number of aliphatic hydroxyl groups excluding tert-OH is 1. The van der Waals surface area contributed by atoms with Crippen molar-refractivity contribution in [2.75, 3.05) is 13.7 Å². The Morgan fingerprint density at radius 2 is 2.10 bits per heavy atom. The molecule has 1 saturated carbocycles. The summed E-state index contributed by atoms with van der Waals surface area (Å²) in [4.78, 5) is 12.2. The summed E-state index contributed by atoms with van der Waals surface area (Å²) >= 11 is 5.94. The topological polar surface area (TPSA) is 58.6 Å². The average molecular weight is 298 g/mol. The molecule has 0 aliphatic heterocycles. The van der Waals surface area contributed by atoms with E-state index in [1.807, 2.05) is 0 Å². The number of halogens is 1. The van der Waals surface area contributed by atoms with Crippen molar-refractivity contribution in [1.29, 1.82) is 0 Å². The fourth-order valence-electron chi connectivity index (χ4n) is 2.56. The summed E-state index contributed by atoms with van der Waals surface area (Å²) in [7, 11) is 1.53. The van der Waals surface area contributed by atoms with Crippen molar-refractivity contribution in [3.63, 3.8) is 0 Å². The fourth-order valence-corrected chi connectivity index (χ4v) is 2.75. The first-order valence-electron chi connectivity index (χ1n) is 6.89. The zero-order valence-electron chi connectivity index (χ0n) is 11.6. The first kappa shape index (κ1) is 15.1. The van der Waals surface area contributed by atoms with Crippen molar-refractivity contribution < 1.29 is 14.6 Å². The Morgan fingerprint density at radius 1 is 1.40 bits per heavy atom. The van der Waals surface area contributed by atoms with E-state index in [0.29, 0.717) is 22.3 Å². The van der Waals surface area contributed by atoms with E-state index in [4.69, 9.17) is 21.4 Å². The lowest BCUT2D eigenvalue weighted by Gasteiger charge is -2.28. The number of aliphatic hydroxyl groups is 1. The third-order valence-corrected chi connectivity index (χ3v) is 4.17. The number of ether oxygens (including phenoxy) is 1. The highest BCUT2D eigenvalue weighted by molar-refractivity contribution is 6.32. The molecule has 20 heavy (non-hydrogen) atoms. The fraction of sp³-hybridized carbons (Fsp3) is 0.533. The Labute approximate surface area is 124 Å². The predicted octanol–water partition coefficient (Wildman–Crippen LogP) is 2.63. The number of hydrogen-bond donors (Lipinski definition) is 2. The minimum atomic E-state index is -0.104. The Morgan fingerprint density at radius 3 is 2.70 bits per heavy atom. The molecule has 1 aromatic rings. The van der Waals surface area contributed by atoms with Gasteiger partial charge in [-0.1, -0.05) is 11.6 Å². The molecule has 0 spiro atoms. The van der Waals surface area contributed by atoms with E-state index in [9.17, 15) is 4.79 Å². The Hall–Kier alpha value is -1.26. The van der Waals surface area contributed by atoms with Crippen LogP contribution in [0.2, 0.25) is 5.02 Å². The quantitative estimate of drug-likeness (QED) is 0.898. The van der Waals surface area contributed by atoms with Gasteiger partial charge in [-0.3, -0.25) is 4.79 Å². The summed E-state index contributed by atoms with van der Waals surface area (Å²) in [6, 6.07) is 5.20. The van der Waals surface area contributed by atoms with Gasteiger partial charge in [0, 0.05) is 18.2 Å². The van der Waals surface area contributed by atoms with Gasteiger partial charge in [-0.05, 0) is 49.8 Å². The third kappa shape index (κ3) is 3.64. The van der Waals surface area contributed by atoms with Crippen LogP contribution >= 0.6 is 11.6 Å². The van der Waals surface area contributed by atoms with E-state index in [1.54, 1.807) is 18.2 Å². The van der Waals surface area contributed by atoms with Crippen LogP contribution in [0.4, 0.5) is 0 Å². The summed E-state index contributed by atoms with van der Waals surface area (Å²) < 4.78 is 5.11. The molecule has 5 heteroatoms. The van der Waals surface area contributed by atoms with Crippen molar-refractivity contribution in [3.8, 4) is 5.75 Å². The summed E-state index contributed by atoms with van der Waals surface area (Å²) in [6.07, 6.45) is 3.76. The number of benzene rings is 1. The first-order chi connectivity index (χ1) is 9.63. The van der Waals surface area contributed by atoms with Gasteiger partial charge < -0.3 is 15.2 Å². The van der Waals surface area contributed by atoms with Gasteiger partial charge >= 0.3 is 0 Å². The van der Waals surface area contributed by atoms with Crippen molar-refractivity contribution in [2.45, 2.75) is 31.7 Å². The van der Waals surface area contributed by atoms with Crippen LogP contribution in [0.3, 0.4) is 0 Å². The molecule has 0 unspecified atom stereocenters. The molecular weight excluding hydrogens is 278 g/mol. The highest BCUT2D eigenvalue weighted by atomic mass is 35.5. The van der Waals surface area contributed by atoms with Crippen molar-refractivity contribution in [3.05, 3.63) is 28.8 Å². The molecule has 0 atom stereocenters. The van der Waals surface area contributed by atoms with Crippen molar-refractivity contribution in [1.82, 2.24) is 5.32 Å². The lowest BCUT2D eigenvalue weighted by Crippen LogP contribution is -2.38. The van der Waals surface area contributed by atoms with Crippen LogP contribution in [0.25, 0.3) is 0 Å². The maximum Gasteiger partial charge on any atom is 0.251 e. The van der Waals surface area contributed by atoms with Crippen LogP contribution in [0, 0.1) is 5.92 Å². The second kappa shape index (κ2) is 6.95. The molecule has 0 bridgehead atoms. The van der Waals surface area contributed by atoms with Crippen LogP contribution in [-0.4, -0.2) is 30.8 Å². The number of carbonyl (C=O) groups is 1. The number of methoxy groups -OCH3 is 1. The molecule has 4 nitrogen and oxygen atoms in total. The smallest absolute Gasteiger partial charge is 0.251 e. The molecule has 2 rings (SSSR count). The standard InChI is InChI=1S/C15H20ClNO3/c1-20-14-8-11(4-7-13(14)16)15(19)17-12-5-2-10(9-18)3-6-12/h4,7-8,10,12,18H,2-3,5-6,9H2,1H3,(H,17,19). The summed E-state index contributed by atoms with van der Waals surface area (Å²) in [5, 5.41) is 12.6. The minimum Gasteiger partial charge on any atom is -0.495 e. The van der Waals surface area contributed by atoms with Gasteiger partial charge in [0.15, 0.2) is 0 Å². The Balaban J connectivity index is 1.95. The molecule has 1 aromatic carbocycles. The molecular formula is C15H20ClNO3. The highest BCUT2D eigenvalue weighted by Gasteiger charge is 2.22. The number of carbonyl (C=O) groups excluding carboxylic acids is 1. The Kier molecular flexibility index (Phi) is 5.26. The largest absolute Gasteiger partial charge is 0.495 e. The molecule has 0 saturated heterocycles. The lowest BCUT2D eigenvalue weighted by atomic mass is 9.86. The molecule has 1 amide bonds. The van der Waals surface area contributed by atoms with Gasteiger partial charge in [-0.2, -0.15) is 0 Å². The van der Waals surface area contributed by atoms with Crippen LogP contribution < -0.4 is 10.1 Å². The van der Waals surface area contributed by atoms with E-state index >= 15 is 0 Å². The molecule has 2 N–H and O–H groups in total. The lowest BCUT2D eigenvalue weighted by molar-refractivity contribution is 0.0913.